The third-order valence-corrected chi connectivity index (χ3v) is 8.50. The summed E-state index contributed by atoms with van der Waals surface area (Å²) in [6.45, 7) is 7.56. The first-order chi connectivity index (χ1) is 20.4. The molecular formula is C33H32N2O6S. The summed E-state index contributed by atoms with van der Waals surface area (Å²) in [5, 5.41) is 12.0. The maximum Gasteiger partial charge on any atom is 0.301 e. The van der Waals surface area contributed by atoms with Crippen molar-refractivity contribution < 1.29 is 28.9 Å². The van der Waals surface area contributed by atoms with E-state index in [9.17, 15) is 14.7 Å². The van der Waals surface area contributed by atoms with E-state index < -0.39 is 17.7 Å². The molecule has 4 aromatic rings. The van der Waals surface area contributed by atoms with Gasteiger partial charge in [0, 0.05) is 5.56 Å². The Balaban J connectivity index is 1.46. The maximum atomic E-state index is 13.7. The number of fused-ring (bicyclic) bond motifs is 2. The molecule has 0 saturated carbocycles. The van der Waals surface area contributed by atoms with Crippen LogP contribution < -0.4 is 19.1 Å². The van der Waals surface area contributed by atoms with Gasteiger partial charge in [-0.3, -0.25) is 14.5 Å². The first-order valence-electron chi connectivity index (χ1n) is 14.2. The summed E-state index contributed by atoms with van der Waals surface area (Å²) in [7, 11) is 0. The average Bonchev–Trinajstić information content (AvgIpc) is 3.53. The highest BCUT2D eigenvalue weighted by Crippen LogP contribution is 2.45. The molecule has 0 radical (unpaired) electrons. The number of aromatic nitrogens is 1. The van der Waals surface area contributed by atoms with Gasteiger partial charge in [-0.15, -0.1) is 0 Å². The molecule has 2 aliphatic rings. The lowest BCUT2D eigenvalue weighted by Gasteiger charge is -2.23. The molecule has 1 atom stereocenters. The summed E-state index contributed by atoms with van der Waals surface area (Å²) in [4.78, 5) is 33.6. The van der Waals surface area contributed by atoms with Gasteiger partial charge < -0.3 is 19.3 Å². The highest BCUT2D eigenvalue weighted by Gasteiger charge is 2.48. The zero-order valence-electron chi connectivity index (χ0n) is 23.8. The molecule has 2 aliphatic heterocycles. The summed E-state index contributed by atoms with van der Waals surface area (Å²) < 4.78 is 18.1. The van der Waals surface area contributed by atoms with Crippen LogP contribution in [0.15, 0.2) is 60.2 Å². The lowest BCUT2D eigenvalue weighted by molar-refractivity contribution is -0.132. The first kappa shape index (κ1) is 27.8. The highest BCUT2D eigenvalue weighted by atomic mass is 32.1. The van der Waals surface area contributed by atoms with E-state index in [2.05, 4.69) is 6.92 Å². The van der Waals surface area contributed by atoms with Gasteiger partial charge in [0.15, 0.2) is 16.6 Å². The molecule has 1 fully saturated rings. The number of rotatable bonds is 8. The topological polar surface area (TPSA) is 98.2 Å². The van der Waals surface area contributed by atoms with Gasteiger partial charge in [-0.25, -0.2) is 4.98 Å². The summed E-state index contributed by atoms with van der Waals surface area (Å²) in [6.07, 6.45) is 3.16. The van der Waals surface area contributed by atoms with Crippen molar-refractivity contribution in [3.8, 4) is 17.2 Å². The fourth-order valence-corrected chi connectivity index (χ4v) is 6.61. The summed E-state index contributed by atoms with van der Waals surface area (Å²) >= 11 is 1.35. The average molecular weight is 585 g/mol. The Bertz CT molecular complexity index is 1710. The fourth-order valence-electron chi connectivity index (χ4n) is 5.44. The van der Waals surface area contributed by atoms with Crippen LogP contribution in [0.2, 0.25) is 0 Å². The van der Waals surface area contributed by atoms with E-state index in [0.29, 0.717) is 53.3 Å². The van der Waals surface area contributed by atoms with E-state index in [1.807, 2.05) is 50.2 Å². The van der Waals surface area contributed by atoms with Crippen molar-refractivity contribution in [3.05, 3.63) is 82.4 Å². The van der Waals surface area contributed by atoms with Crippen molar-refractivity contribution in [2.75, 3.05) is 24.7 Å². The fraction of sp³-hybridized carbons (Fsp3) is 0.303. The Hall–Kier alpha value is -4.37. The van der Waals surface area contributed by atoms with Crippen LogP contribution in [-0.2, 0) is 9.59 Å². The zero-order chi connectivity index (χ0) is 29.4. The molecule has 3 aromatic carbocycles. The number of ketones is 1. The third-order valence-electron chi connectivity index (χ3n) is 7.50. The Kier molecular flexibility index (Phi) is 7.60. The third kappa shape index (κ3) is 5.09. The highest BCUT2D eigenvalue weighted by molar-refractivity contribution is 7.22. The van der Waals surface area contributed by atoms with E-state index in [0.717, 1.165) is 40.6 Å². The van der Waals surface area contributed by atoms with Gasteiger partial charge in [0.05, 0.1) is 28.4 Å². The largest absolute Gasteiger partial charge is 0.507 e. The standard InChI is InChI=1S/C33H32N2O6S/c1-4-5-6-13-39-23-10-7-21(8-11-23)29-27(30(36)22-9-12-24-25(18-22)41-15-14-40-24)31(37)32(38)35(29)33-34-28-20(3)16-19(2)17-26(28)42-33/h7-12,16-18,29,36H,4-6,13-15H2,1-3H3. The van der Waals surface area contributed by atoms with Crippen molar-refractivity contribution in [2.24, 2.45) is 0 Å². The smallest absolute Gasteiger partial charge is 0.301 e. The normalized spacial score (nSPS) is 17.7. The number of unbranched alkanes of at least 4 members (excludes halogenated alkanes) is 2. The second kappa shape index (κ2) is 11.5. The van der Waals surface area contributed by atoms with Gasteiger partial charge in [0.2, 0.25) is 0 Å². The minimum Gasteiger partial charge on any atom is -0.507 e. The maximum absolute atomic E-state index is 13.7. The van der Waals surface area contributed by atoms with Crippen LogP contribution in [0.4, 0.5) is 5.13 Å². The number of aliphatic hydroxyl groups excluding tert-OH is 1. The van der Waals surface area contributed by atoms with E-state index in [-0.39, 0.29) is 11.3 Å². The number of carbonyl (C=O) groups is 2. The van der Waals surface area contributed by atoms with E-state index in [1.165, 1.54) is 16.2 Å². The monoisotopic (exact) mass is 584 g/mol. The van der Waals surface area contributed by atoms with Crippen molar-refractivity contribution in [1.29, 1.82) is 0 Å². The SMILES string of the molecule is CCCCCOc1ccc(C2C(=C(O)c3ccc4c(c3)OCCO4)C(=O)C(=O)N2c2nc3c(C)cc(C)cc3s2)cc1. The summed E-state index contributed by atoms with van der Waals surface area (Å²) in [5.74, 6) is -0.0791. The molecule has 42 heavy (non-hydrogen) atoms. The van der Waals surface area contributed by atoms with Crippen molar-refractivity contribution in [3.63, 3.8) is 0 Å². The molecule has 0 aliphatic carbocycles. The quantitative estimate of drug-likeness (QED) is 0.104. The number of hydrogen-bond acceptors (Lipinski definition) is 8. The Morgan fingerprint density at radius 3 is 2.55 bits per heavy atom. The lowest BCUT2D eigenvalue weighted by atomic mass is 9.95. The van der Waals surface area contributed by atoms with Gasteiger partial charge in [-0.05, 0) is 73.4 Å². The van der Waals surface area contributed by atoms with Crippen molar-refractivity contribution in [2.45, 2.75) is 46.1 Å². The molecule has 1 amide bonds. The Morgan fingerprint density at radius 1 is 1.02 bits per heavy atom. The molecule has 216 valence electrons. The molecule has 1 N–H and O–H groups in total. The number of aliphatic hydroxyl groups is 1. The van der Waals surface area contributed by atoms with Gasteiger partial charge in [-0.2, -0.15) is 0 Å². The number of carbonyl (C=O) groups excluding carboxylic acids is 2. The molecular weight excluding hydrogens is 552 g/mol. The number of hydrogen-bond donors (Lipinski definition) is 1. The number of thiazole rings is 1. The predicted molar refractivity (Wildman–Crippen MR) is 163 cm³/mol. The first-order valence-corrected chi connectivity index (χ1v) is 15.0. The number of nitrogens with zero attached hydrogens (tertiary/aromatic N) is 2. The molecule has 0 bridgehead atoms. The number of benzene rings is 3. The van der Waals surface area contributed by atoms with Crippen molar-refractivity contribution in [1.82, 2.24) is 4.98 Å². The molecule has 6 rings (SSSR count). The second-order valence-corrected chi connectivity index (χ2v) is 11.6. The van der Waals surface area contributed by atoms with Gasteiger partial charge in [0.25, 0.3) is 5.78 Å². The molecule has 9 heteroatoms. The Morgan fingerprint density at radius 2 is 1.79 bits per heavy atom. The van der Waals surface area contributed by atoms with Crippen LogP contribution in [0.25, 0.3) is 16.0 Å². The molecule has 1 aromatic heterocycles. The number of aryl methyl sites for hydroxylation is 2. The number of ether oxygens (including phenoxy) is 3. The summed E-state index contributed by atoms with van der Waals surface area (Å²) in [6, 6.07) is 15.5. The molecule has 0 spiro atoms. The minimum absolute atomic E-state index is 0.0135. The number of amides is 1. The summed E-state index contributed by atoms with van der Waals surface area (Å²) in [5.41, 5.74) is 3.85. The van der Waals surface area contributed by atoms with E-state index in [4.69, 9.17) is 19.2 Å². The number of anilines is 1. The minimum atomic E-state index is -0.894. The van der Waals surface area contributed by atoms with Crippen LogP contribution >= 0.6 is 11.3 Å². The lowest BCUT2D eigenvalue weighted by Crippen LogP contribution is -2.29. The molecule has 1 saturated heterocycles. The van der Waals surface area contributed by atoms with Crippen LogP contribution in [0.3, 0.4) is 0 Å². The van der Waals surface area contributed by atoms with Gasteiger partial charge in [-0.1, -0.05) is 49.3 Å². The molecule has 3 heterocycles. The Labute approximate surface area is 248 Å². The van der Waals surface area contributed by atoms with Gasteiger partial charge >= 0.3 is 5.91 Å². The van der Waals surface area contributed by atoms with Crippen LogP contribution in [0, 0.1) is 13.8 Å². The zero-order valence-corrected chi connectivity index (χ0v) is 24.6. The number of Topliss-reactive ketones (excluding diaryl/α,β-unsaturated/α-hetero) is 1. The van der Waals surface area contributed by atoms with Crippen LogP contribution in [0.5, 0.6) is 17.2 Å². The second-order valence-electron chi connectivity index (χ2n) is 10.6. The molecule has 1 unspecified atom stereocenters. The van der Waals surface area contributed by atoms with Crippen LogP contribution in [0.1, 0.15) is 54.5 Å². The predicted octanol–water partition coefficient (Wildman–Crippen LogP) is 6.88. The van der Waals surface area contributed by atoms with Gasteiger partial charge in [0.1, 0.15) is 24.7 Å². The molecule has 8 nitrogen and oxygen atoms in total. The van der Waals surface area contributed by atoms with Crippen LogP contribution in [-0.4, -0.2) is 41.6 Å². The van der Waals surface area contributed by atoms with Crippen molar-refractivity contribution >= 4 is 44.1 Å². The van der Waals surface area contributed by atoms with E-state index in [1.54, 1.807) is 18.2 Å². The van der Waals surface area contributed by atoms with E-state index >= 15 is 0 Å².